The average molecular weight is 267 g/mol. The van der Waals surface area contributed by atoms with E-state index in [1.165, 1.54) is 25.3 Å². The third kappa shape index (κ3) is 3.04. The van der Waals surface area contributed by atoms with E-state index in [9.17, 15) is 9.18 Å². The topological polar surface area (TPSA) is 38.8 Å². The van der Waals surface area contributed by atoms with Crippen LogP contribution in [-0.4, -0.2) is 43.2 Å². The van der Waals surface area contributed by atoms with E-state index in [4.69, 9.17) is 9.47 Å². The molecular weight excluding hydrogens is 249 g/mol. The van der Waals surface area contributed by atoms with Crippen LogP contribution < -0.4 is 4.74 Å². The standard InChI is InChI=1S/C14H18FNO3/c1-9-7-16(8-10(2)19-9)14(17)12-6-11(15)4-5-13(12)18-3/h4-6,9-10H,7-8H2,1-3H3. The molecule has 19 heavy (non-hydrogen) atoms. The second-order valence-electron chi connectivity index (χ2n) is 4.81. The highest BCUT2D eigenvalue weighted by molar-refractivity contribution is 5.97. The maximum absolute atomic E-state index is 13.3. The van der Waals surface area contributed by atoms with Crippen molar-refractivity contribution in [3.8, 4) is 5.75 Å². The number of benzene rings is 1. The number of amides is 1. The van der Waals surface area contributed by atoms with Crippen LogP contribution >= 0.6 is 0 Å². The Morgan fingerprint density at radius 3 is 2.58 bits per heavy atom. The maximum atomic E-state index is 13.3. The molecule has 2 unspecified atom stereocenters. The molecule has 1 aromatic rings. The van der Waals surface area contributed by atoms with Crippen LogP contribution in [0.2, 0.25) is 0 Å². The summed E-state index contributed by atoms with van der Waals surface area (Å²) in [5, 5.41) is 0. The molecule has 1 aliphatic rings. The van der Waals surface area contributed by atoms with Crippen molar-refractivity contribution >= 4 is 5.91 Å². The van der Waals surface area contributed by atoms with Gasteiger partial charge in [-0.1, -0.05) is 0 Å². The molecule has 0 radical (unpaired) electrons. The highest BCUT2D eigenvalue weighted by Crippen LogP contribution is 2.23. The van der Waals surface area contributed by atoms with Gasteiger partial charge in [0.05, 0.1) is 24.9 Å². The van der Waals surface area contributed by atoms with Crippen molar-refractivity contribution in [2.45, 2.75) is 26.1 Å². The van der Waals surface area contributed by atoms with E-state index in [1.54, 1.807) is 4.90 Å². The summed E-state index contributed by atoms with van der Waals surface area (Å²) >= 11 is 0. The fourth-order valence-electron chi connectivity index (χ4n) is 2.36. The number of hydrogen-bond donors (Lipinski definition) is 0. The zero-order valence-electron chi connectivity index (χ0n) is 11.4. The van der Waals surface area contributed by atoms with Crippen LogP contribution in [0.15, 0.2) is 18.2 Å². The highest BCUT2D eigenvalue weighted by Gasteiger charge is 2.28. The van der Waals surface area contributed by atoms with E-state index in [0.717, 1.165) is 0 Å². The molecule has 0 aromatic heterocycles. The summed E-state index contributed by atoms with van der Waals surface area (Å²) in [6.07, 6.45) is -0.0421. The lowest BCUT2D eigenvalue weighted by molar-refractivity contribution is -0.0586. The van der Waals surface area contributed by atoms with Gasteiger partial charge >= 0.3 is 0 Å². The van der Waals surface area contributed by atoms with E-state index < -0.39 is 5.82 Å². The van der Waals surface area contributed by atoms with Crippen LogP contribution in [0.4, 0.5) is 4.39 Å². The van der Waals surface area contributed by atoms with Crippen molar-refractivity contribution in [1.82, 2.24) is 4.90 Å². The Morgan fingerprint density at radius 1 is 1.37 bits per heavy atom. The van der Waals surface area contributed by atoms with Gasteiger partial charge in [-0.15, -0.1) is 0 Å². The molecule has 4 nitrogen and oxygen atoms in total. The fraction of sp³-hybridized carbons (Fsp3) is 0.500. The van der Waals surface area contributed by atoms with Crippen LogP contribution in [0.5, 0.6) is 5.75 Å². The summed E-state index contributed by atoms with van der Waals surface area (Å²) in [4.78, 5) is 14.1. The SMILES string of the molecule is COc1ccc(F)cc1C(=O)N1CC(C)OC(C)C1. The lowest BCUT2D eigenvalue weighted by atomic mass is 10.1. The summed E-state index contributed by atoms with van der Waals surface area (Å²) in [6.45, 7) is 4.84. The molecule has 104 valence electrons. The molecule has 0 spiro atoms. The summed E-state index contributed by atoms with van der Waals surface area (Å²) in [5.41, 5.74) is 0.254. The molecule has 2 atom stereocenters. The smallest absolute Gasteiger partial charge is 0.257 e. The van der Waals surface area contributed by atoms with E-state index in [2.05, 4.69) is 0 Å². The number of ether oxygens (including phenoxy) is 2. The third-order valence-corrected chi connectivity index (χ3v) is 3.10. The maximum Gasteiger partial charge on any atom is 0.257 e. The van der Waals surface area contributed by atoms with Gasteiger partial charge in [0, 0.05) is 13.1 Å². The Kier molecular flexibility index (Phi) is 4.04. The minimum atomic E-state index is -0.446. The van der Waals surface area contributed by atoms with Crippen molar-refractivity contribution in [2.75, 3.05) is 20.2 Å². The van der Waals surface area contributed by atoms with Gasteiger partial charge in [-0.3, -0.25) is 4.79 Å². The van der Waals surface area contributed by atoms with Crippen molar-refractivity contribution in [3.05, 3.63) is 29.6 Å². The number of halogens is 1. The number of nitrogens with zero attached hydrogens (tertiary/aromatic N) is 1. The first-order valence-electron chi connectivity index (χ1n) is 6.29. The first-order chi connectivity index (χ1) is 9.01. The lowest BCUT2D eigenvalue weighted by Gasteiger charge is -2.35. The van der Waals surface area contributed by atoms with Crippen LogP contribution in [-0.2, 0) is 4.74 Å². The Morgan fingerprint density at radius 2 is 2.00 bits per heavy atom. The molecule has 1 saturated heterocycles. The Bertz CT molecular complexity index is 468. The summed E-state index contributed by atoms with van der Waals surface area (Å²) in [5.74, 6) is -0.282. The molecule has 1 heterocycles. The zero-order chi connectivity index (χ0) is 14.0. The first kappa shape index (κ1) is 13.8. The van der Waals surface area contributed by atoms with Gasteiger partial charge < -0.3 is 14.4 Å². The van der Waals surface area contributed by atoms with Crippen molar-refractivity contribution in [3.63, 3.8) is 0 Å². The van der Waals surface area contributed by atoms with E-state index >= 15 is 0 Å². The molecule has 1 fully saturated rings. The number of carbonyl (C=O) groups is 1. The molecule has 0 saturated carbocycles. The predicted octanol–water partition coefficient (Wildman–Crippen LogP) is 2.08. The van der Waals surface area contributed by atoms with Crippen LogP contribution in [0.25, 0.3) is 0 Å². The first-order valence-corrected chi connectivity index (χ1v) is 6.29. The van der Waals surface area contributed by atoms with Crippen molar-refractivity contribution in [1.29, 1.82) is 0 Å². The van der Waals surface area contributed by atoms with Gasteiger partial charge in [0.25, 0.3) is 5.91 Å². The molecule has 5 heteroatoms. The number of morpholine rings is 1. The van der Waals surface area contributed by atoms with Gasteiger partial charge in [-0.25, -0.2) is 4.39 Å². The molecule has 0 bridgehead atoms. The molecule has 1 aliphatic heterocycles. The van der Waals surface area contributed by atoms with Crippen LogP contribution in [0.1, 0.15) is 24.2 Å². The number of hydrogen-bond acceptors (Lipinski definition) is 3. The van der Waals surface area contributed by atoms with Crippen molar-refractivity contribution in [2.24, 2.45) is 0 Å². The van der Waals surface area contributed by atoms with Gasteiger partial charge in [0.2, 0.25) is 0 Å². The predicted molar refractivity (Wildman–Crippen MR) is 68.9 cm³/mol. The van der Waals surface area contributed by atoms with E-state index in [0.29, 0.717) is 18.8 Å². The third-order valence-electron chi connectivity index (χ3n) is 3.10. The number of methoxy groups -OCH3 is 1. The summed E-state index contributed by atoms with van der Waals surface area (Å²) < 4.78 is 24.0. The lowest BCUT2D eigenvalue weighted by Crippen LogP contribution is -2.48. The molecule has 2 rings (SSSR count). The highest BCUT2D eigenvalue weighted by atomic mass is 19.1. The van der Waals surface area contributed by atoms with E-state index in [-0.39, 0.29) is 23.7 Å². The monoisotopic (exact) mass is 267 g/mol. The van der Waals surface area contributed by atoms with Gasteiger partial charge in [-0.2, -0.15) is 0 Å². The fourth-order valence-corrected chi connectivity index (χ4v) is 2.36. The van der Waals surface area contributed by atoms with E-state index in [1.807, 2.05) is 13.8 Å². The van der Waals surface area contributed by atoms with Crippen LogP contribution in [0.3, 0.4) is 0 Å². The summed E-state index contributed by atoms with van der Waals surface area (Å²) in [7, 11) is 1.47. The largest absolute Gasteiger partial charge is 0.496 e. The molecular formula is C14H18FNO3. The normalized spacial score (nSPS) is 23.3. The Balaban J connectivity index is 2.26. The van der Waals surface area contributed by atoms with Gasteiger partial charge in [0.1, 0.15) is 11.6 Å². The average Bonchev–Trinajstić information content (AvgIpc) is 2.36. The second kappa shape index (κ2) is 5.57. The molecule has 0 N–H and O–H groups in total. The van der Waals surface area contributed by atoms with Crippen molar-refractivity contribution < 1.29 is 18.7 Å². The quantitative estimate of drug-likeness (QED) is 0.823. The van der Waals surface area contributed by atoms with Gasteiger partial charge in [0.15, 0.2) is 0 Å². The zero-order valence-corrected chi connectivity index (χ0v) is 11.4. The minimum absolute atomic E-state index is 0.0211. The number of rotatable bonds is 2. The van der Waals surface area contributed by atoms with Crippen LogP contribution in [0, 0.1) is 5.82 Å². The Labute approximate surface area is 112 Å². The minimum Gasteiger partial charge on any atom is -0.496 e. The number of carbonyl (C=O) groups excluding carboxylic acids is 1. The van der Waals surface area contributed by atoms with Gasteiger partial charge in [-0.05, 0) is 32.0 Å². The second-order valence-corrected chi connectivity index (χ2v) is 4.81. The summed E-state index contributed by atoms with van der Waals surface area (Å²) in [6, 6.07) is 3.96. The molecule has 0 aliphatic carbocycles. The molecule has 1 amide bonds. The Hall–Kier alpha value is -1.62. The molecule has 1 aromatic carbocycles.